The fourth-order valence-electron chi connectivity index (χ4n) is 2.09. The minimum atomic E-state index is -0.0780. The zero-order valence-corrected chi connectivity index (χ0v) is 14.4. The third-order valence-electron chi connectivity index (χ3n) is 3.41. The van der Waals surface area contributed by atoms with Crippen LogP contribution in [0.3, 0.4) is 0 Å². The highest BCUT2D eigenvalue weighted by molar-refractivity contribution is 6.31. The van der Waals surface area contributed by atoms with Crippen molar-refractivity contribution < 1.29 is 4.79 Å². The van der Waals surface area contributed by atoms with Crippen molar-refractivity contribution in [2.75, 3.05) is 0 Å². The normalized spacial score (nSPS) is 11.0. The third-order valence-corrected chi connectivity index (χ3v) is 4.27. The van der Waals surface area contributed by atoms with Crippen LogP contribution in [0.15, 0.2) is 6.20 Å². The Balaban J connectivity index is 1.85. The Hall–Kier alpha value is -1.53. The van der Waals surface area contributed by atoms with Crippen molar-refractivity contribution in [3.05, 3.63) is 33.3 Å². The van der Waals surface area contributed by atoms with Crippen LogP contribution < -0.4 is 5.32 Å². The number of nitrogens with zero attached hydrogens (tertiary/aromatic N) is 4. The second-order valence-corrected chi connectivity index (χ2v) is 5.80. The third kappa shape index (κ3) is 3.81. The van der Waals surface area contributed by atoms with E-state index in [1.54, 1.807) is 15.6 Å². The van der Waals surface area contributed by atoms with Gasteiger partial charge in [-0.1, -0.05) is 23.2 Å². The molecule has 0 saturated carbocycles. The number of aromatic nitrogens is 4. The minimum absolute atomic E-state index is 0.0780. The molecular formula is C14H19Cl2N5O. The van der Waals surface area contributed by atoms with Crippen LogP contribution in [-0.4, -0.2) is 25.5 Å². The van der Waals surface area contributed by atoms with Crippen molar-refractivity contribution >= 4 is 29.1 Å². The summed E-state index contributed by atoms with van der Waals surface area (Å²) in [5.41, 5.74) is 2.32. The van der Waals surface area contributed by atoms with E-state index < -0.39 is 0 Å². The van der Waals surface area contributed by atoms with Crippen molar-refractivity contribution in [2.24, 2.45) is 0 Å². The number of nitrogens with one attached hydrogen (secondary N) is 1. The molecule has 0 unspecified atom stereocenters. The first-order chi connectivity index (χ1) is 10.4. The van der Waals surface area contributed by atoms with E-state index >= 15 is 0 Å². The lowest BCUT2D eigenvalue weighted by atomic mass is 10.3. The molecule has 1 N–H and O–H groups in total. The van der Waals surface area contributed by atoms with Gasteiger partial charge in [-0.2, -0.15) is 10.2 Å². The lowest BCUT2D eigenvalue weighted by Crippen LogP contribution is -2.24. The zero-order chi connectivity index (χ0) is 16.3. The number of carbonyl (C=O) groups excluding carboxylic acids is 1. The molecule has 120 valence electrons. The van der Waals surface area contributed by atoms with Gasteiger partial charge in [-0.05, 0) is 20.8 Å². The molecule has 0 aliphatic heterocycles. The molecule has 2 heterocycles. The molecule has 2 aromatic rings. The highest BCUT2D eigenvalue weighted by atomic mass is 35.5. The van der Waals surface area contributed by atoms with Gasteiger partial charge in [0.2, 0.25) is 5.91 Å². The molecule has 0 fully saturated rings. The Morgan fingerprint density at radius 2 is 2.05 bits per heavy atom. The molecular weight excluding hydrogens is 325 g/mol. The number of hydrogen-bond donors (Lipinski definition) is 1. The summed E-state index contributed by atoms with van der Waals surface area (Å²) in [4.78, 5) is 11.9. The Morgan fingerprint density at radius 1 is 1.32 bits per heavy atom. The second-order valence-electron chi connectivity index (χ2n) is 5.01. The van der Waals surface area contributed by atoms with Crippen LogP contribution in [0.1, 0.15) is 30.4 Å². The number of halogens is 2. The van der Waals surface area contributed by atoms with Crippen molar-refractivity contribution in [3.63, 3.8) is 0 Å². The Kier molecular flexibility index (Phi) is 5.47. The van der Waals surface area contributed by atoms with E-state index in [-0.39, 0.29) is 5.91 Å². The molecule has 22 heavy (non-hydrogen) atoms. The van der Waals surface area contributed by atoms with Gasteiger partial charge in [-0.3, -0.25) is 14.2 Å². The molecule has 0 spiro atoms. The Labute approximate surface area is 139 Å². The minimum Gasteiger partial charge on any atom is -0.350 e. The van der Waals surface area contributed by atoms with Crippen LogP contribution in [0.4, 0.5) is 0 Å². The highest BCUT2D eigenvalue weighted by Gasteiger charge is 2.11. The fraction of sp³-hybridized carbons (Fsp3) is 0.500. The van der Waals surface area contributed by atoms with Crippen LogP contribution in [-0.2, 0) is 24.4 Å². The SMILES string of the molecule is CCn1cc(Cl)c(CNC(=O)CCn2nc(C)c(Cl)c2C)n1. The van der Waals surface area contributed by atoms with Gasteiger partial charge >= 0.3 is 0 Å². The monoisotopic (exact) mass is 343 g/mol. The van der Waals surface area contributed by atoms with E-state index in [1.807, 2.05) is 20.8 Å². The summed E-state index contributed by atoms with van der Waals surface area (Å²) in [7, 11) is 0. The highest BCUT2D eigenvalue weighted by Crippen LogP contribution is 2.19. The maximum absolute atomic E-state index is 11.9. The second kappa shape index (κ2) is 7.15. The summed E-state index contributed by atoms with van der Waals surface area (Å²) in [6.45, 7) is 7.26. The molecule has 0 saturated heterocycles. The van der Waals surface area contributed by atoms with Gasteiger partial charge in [0.25, 0.3) is 0 Å². The van der Waals surface area contributed by atoms with E-state index in [2.05, 4.69) is 15.5 Å². The number of amides is 1. The Morgan fingerprint density at radius 3 is 2.59 bits per heavy atom. The van der Waals surface area contributed by atoms with Crippen LogP contribution in [0.5, 0.6) is 0 Å². The molecule has 0 aromatic carbocycles. The van der Waals surface area contributed by atoms with Crippen molar-refractivity contribution in [2.45, 2.75) is 46.8 Å². The maximum atomic E-state index is 11.9. The molecule has 6 nitrogen and oxygen atoms in total. The molecule has 0 aliphatic rings. The summed E-state index contributed by atoms with van der Waals surface area (Å²) in [5.74, 6) is -0.0780. The van der Waals surface area contributed by atoms with Gasteiger partial charge in [0, 0.05) is 19.2 Å². The topological polar surface area (TPSA) is 64.7 Å². The first kappa shape index (κ1) is 16.8. The summed E-state index contributed by atoms with van der Waals surface area (Å²) >= 11 is 12.1. The van der Waals surface area contributed by atoms with Crippen LogP contribution in [0.25, 0.3) is 0 Å². The van der Waals surface area contributed by atoms with E-state index in [1.165, 1.54) is 0 Å². The summed E-state index contributed by atoms with van der Waals surface area (Å²) < 4.78 is 3.48. The fourth-order valence-corrected chi connectivity index (χ4v) is 2.44. The molecule has 0 radical (unpaired) electrons. The van der Waals surface area contributed by atoms with Gasteiger partial charge in [-0.25, -0.2) is 0 Å². The molecule has 8 heteroatoms. The maximum Gasteiger partial charge on any atom is 0.222 e. The molecule has 0 atom stereocenters. The van der Waals surface area contributed by atoms with Crippen molar-refractivity contribution in [3.8, 4) is 0 Å². The predicted octanol–water partition coefficient (Wildman–Crippen LogP) is 2.73. The number of hydrogen-bond acceptors (Lipinski definition) is 3. The number of carbonyl (C=O) groups is 1. The quantitative estimate of drug-likeness (QED) is 0.876. The smallest absolute Gasteiger partial charge is 0.222 e. The van der Waals surface area contributed by atoms with E-state index in [4.69, 9.17) is 23.2 Å². The summed E-state index contributed by atoms with van der Waals surface area (Å²) in [6.07, 6.45) is 2.07. The lowest BCUT2D eigenvalue weighted by Gasteiger charge is -2.06. The van der Waals surface area contributed by atoms with Crippen LogP contribution in [0.2, 0.25) is 10.0 Å². The van der Waals surface area contributed by atoms with Gasteiger partial charge in [0.1, 0.15) is 5.69 Å². The van der Waals surface area contributed by atoms with Gasteiger partial charge in [0.05, 0.1) is 34.5 Å². The average molecular weight is 344 g/mol. The van der Waals surface area contributed by atoms with Crippen molar-refractivity contribution in [1.82, 2.24) is 24.9 Å². The Bertz CT molecular complexity index is 677. The van der Waals surface area contributed by atoms with Gasteiger partial charge < -0.3 is 5.32 Å². The lowest BCUT2D eigenvalue weighted by molar-refractivity contribution is -0.121. The standard InChI is InChI=1S/C14H19Cl2N5O/c1-4-20-8-11(15)12(19-20)7-17-13(22)5-6-21-10(3)14(16)9(2)18-21/h8H,4-7H2,1-3H3,(H,17,22). The summed E-state index contributed by atoms with van der Waals surface area (Å²) in [6, 6.07) is 0. The molecule has 1 amide bonds. The molecule has 0 aliphatic carbocycles. The predicted molar refractivity (Wildman–Crippen MR) is 86.1 cm³/mol. The van der Waals surface area contributed by atoms with E-state index in [0.717, 1.165) is 17.9 Å². The van der Waals surface area contributed by atoms with Gasteiger partial charge in [-0.15, -0.1) is 0 Å². The van der Waals surface area contributed by atoms with E-state index in [0.29, 0.717) is 35.2 Å². The van der Waals surface area contributed by atoms with E-state index in [9.17, 15) is 4.79 Å². The average Bonchev–Trinajstić information content (AvgIpc) is 2.98. The molecule has 0 bridgehead atoms. The number of rotatable bonds is 6. The largest absolute Gasteiger partial charge is 0.350 e. The first-order valence-electron chi connectivity index (χ1n) is 7.10. The number of aryl methyl sites for hydroxylation is 3. The van der Waals surface area contributed by atoms with Crippen molar-refractivity contribution in [1.29, 1.82) is 0 Å². The molecule has 2 aromatic heterocycles. The van der Waals surface area contributed by atoms with Crippen LogP contribution in [0, 0.1) is 13.8 Å². The summed E-state index contributed by atoms with van der Waals surface area (Å²) in [5, 5.41) is 12.6. The first-order valence-corrected chi connectivity index (χ1v) is 7.86. The zero-order valence-electron chi connectivity index (χ0n) is 12.9. The molecule has 2 rings (SSSR count). The van der Waals surface area contributed by atoms with Gasteiger partial charge in [0.15, 0.2) is 0 Å². The van der Waals surface area contributed by atoms with Crippen LogP contribution >= 0.6 is 23.2 Å².